The van der Waals surface area contributed by atoms with Crippen molar-refractivity contribution in [1.29, 1.82) is 0 Å². The summed E-state index contributed by atoms with van der Waals surface area (Å²) < 4.78 is 49.0. The lowest BCUT2D eigenvalue weighted by molar-refractivity contribution is -0.185. The van der Waals surface area contributed by atoms with Gasteiger partial charge in [-0.05, 0) is 23.8 Å². The number of para-hydroxylation sites is 1. The second-order valence-electron chi connectivity index (χ2n) is 7.98. The summed E-state index contributed by atoms with van der Waals surface area (Å²) in [5.41, 5.74) is 1.32. The average Bonchev–Trinajstić information content (AvgIpc) is 3.34. The predicted molar refractivity (Wildman–Crippen MR) is 113 cm³/mol. The molecule has 1 fully saturated rings. The highest BCUT2D eigenvalue weighted by atomic mass is 19.4. The Labute approximate surface area is 185 Å². The molecular weight excluding hydrogens is 439 g/mol. The van der Waals surface area contributed by atoms with Crippen molar-refractivity contribution in [3.8, 4) is 17.3 Å². The van der Waals surface area contributed by atoms with Crippen molar-refractivity contribution in [3.63, 3.8) is 0 Å². The van der Waals surface area contributed by atoms with Gasteiger partial charge >= 0.3 is 6.18 Å². The van der Waals surface area contributed by atoms with Crippen molar-refractivity contribution in [2.45, 2.75) is 24.4 Å². The summed E-state index contributed by atoms with van der Waals surface area (Å²) in [6.07, 6.45) is -5.77. The Kier molecular flexibility index (Phi) is 5.19. The van der Waals surface area contributed by atoms with Gasteiger partial charge in [-0.25, -0.2) is 4.98 Å². The summed E-state index contributed by atoms with van der Waals surface area (Å²) in [5, 5.41) is 28.6. The minimum Gasteiger partial charge on any atom is -0.494 e. The molecule has 1 aliphatic heterocycles. The lowest BCUT2D eigenvalue weighted by Gasteiger charge is -2.29. The maximum absolute atomic E-state index is 14.0. The molecule has 0 saturated carbocycles. The molecule has 3 unspecified atom stereocenters. The second kappa shape index (κ2) is 7.94. The largest absolute Gasteiger partial charge is 0.494 e. The van der Waals surface area contributed by atoms with Crippen molar-refractivity contribution < 1.29 is 28.1 Å². The minimum absolute atomic E-state index is 0.0595. The number of halogens is 3. The Balaban J connectivity index is 1.61. The molecule has 8 nitrogen and oxygen atoms in total. The fraction of sp³-hybridized carbons (Fsp3) is 0.318. The molecule has 0 amide bonds. The summed E-state index contributed by atoms with van der Waals surface area (Å²) in [6, 6.07) is 9.82. The summed E-state index contributed by atoms with van der Waals surface area (Å²) in [5.74, 6) is 0.842. The van der Waals surface area contributed by atoms with Crippen molar-refractivity contribution in [1.82, 2.24) is 24.5 Å². The first-order chi connectivity index (χ1) is 15.8. The van der Waals surface area contributed by atoms with Gasteiger partial charge in [0.15, 0.2) is 11.5 Å². The zero-order valence-corrected chi connectivity index (χ0v) is 17.4. The van der Waals surface area contributed by atoms with E-state index in [4.69, 9.17) is 4.74 Å². The number of alkyl halides is 3. The molecule has 4 heterocycles. The number of likely N-dealkylation sites (tertiary alicyclic amines) is 1. The van der Waals surface area contributed by atoms with Crippen molar-refractivity contribution in [2.75, 3.05) is 20.2 Å². The molecule has 1 saturated heterocycles. The Morgan fingerprint density at radius 2 is 1.79 bits per heavy atom. The Hall–Kier alpha value is -3.28. The number of fused-ring (bicyclic) bond motifs is 2. The van der Waals surface area contributed by atoms with Crippen LogP contribution in [0.2, 0.25) is 0 Å². The highest BCUT2D eigenvalue weighted by Crippen LogP contribution is 2.40. The Morgan fingerprint density at radius 1 is 1.03 bits per heavy atom. The zero-order valence-electron chi connectivity index (χ0n) is 17.4. The quantitative estimate of drug-likeness (QED) is 0.484. The fourth-order valence-electron chi connectivity index (χ4n) is 4.27. The molecule has 0 spiro atoms. The maximum Gasteiger partial charge on any atom is 0.408 e. The van der Waals surface area contributed by atoms with Crippen LogP contribution in [0.1, 0.15) is 11.6 Å². The smallest absolute Gasteiger partial charge is 0.408 e. The van der Waals surface area contributed by atoms with Gasteiger partial charge in [0.1, 0.15) is 23.0 Å². The number of β-amino-alcohol motifs (C(OH)–C–C–N with tert-alkyl or cyclic N) is 2. The van der Waals surface area contributed by atoms with Crippen LogP contribution < -0.4 is 4.74 Å². The normalized spacial score (nSPS) is 20.5. The lowest BCUT2D eigenvalue weighted by atomic mass is 10.1. The zero-order chi connectivity index (χ0) is 23.3. The van der Waals surface area contributed by atoms with Crippen LogP contribution in [0.3, 0.4) is 0 Å². The first-order valence-corrected chi connectivity index (χ1v) is 10.2. The van der Waals surface area contributed by atoms with Gasteiger partial charge < -0.3 is 14.9 Å². The SMILES string of the molecule is COc1cccc2ccc(-c3nnc4ccc(C(N5CC(O)C(O)C5)C(F)(F)F)cn34)nc12. The van der Waals surface area contributed by atoms with Gasteiger partial charge in [0.05, 0.1) is 19.3 Å². The fourth-order valence-corrected chi connectivity index (χ4v) is 4.27. The summed E-state index contributed by atoms with van der Waals surface area (Å²) >= 11 is 0. The number of hydrogen-bond acceptors (Lipinski definition) is 7. The Bertz CT molecular complexity index is 1320. The molecule has 11 heteroatoms. The molecule has 2 N–H and O–H groups in total. The van der Waals surface area contributed by atoms with Crippen LogP contribution in [0.5, 0.6) is 5.75 Å². The third-order valence-electron chi connectivity index (χ3n) is 5.84. The van der Waals surface area contributed by atoms with E-state index in [2.05, 4.69) is 15.2 Å². The molecule has 0 radical (unpaired) electrons. The topological polar surface area (TPSA) is 96.0 Å². The van der Waals surface area contributed by atoms with Gasteiger partial charge in [0.25, 0.3) is 0 Å². The van der Waals surface area contributed by atoms with Crippen LogP contribution in [0.4, 0.5) is 13.2 Å². The molecule has 1 aliphatic rings. The predicted octanol–water partition coefficient (Wildman–Crippen LogP) is 2.59. The van der Waals surface area contributed by atoms with Gasteiger partial charge in [-0.1, -0.05) is 24.3 Å². The van der Waals surface area contributed by atoms with E-state index >= 15 is 0 Å². The molecular formula is C22H20F3N5O3. The van der Waals surface area contributed by atoms with Crippen molar-refractivity contribution >= 4 is 16.6 Å². The van der Waals surface area contributed by atoms with E-state index in [1.807, 2.05) is 18.2 Å². The average molecular weight is 459 g/mol. The number of aliphatic hydroxyl groups is 2. The molecule has 3 atom stereocenters. The molecule has 4 aromatic rings. The number of aliphatic hydroxyl groups excluding tert-OH is 2. The van der Waals surface area contributed by atoms with Gasteiger partial charge in [0, 0.05) is 24.7 Å². The molecule has 5 rings (SSSR count). The van der Waals surface area contributed by atoms with E-state index in [0.29, 0.717) is 22.6 Å². The molecule has 0 bridgehead atoms. The molecule has 0 aliphatic carbocycles. The van der Waals surface area contributed by atoms with E-state index in [1.54, 1.807) is 12.1 Å². The summed E-state index contributed by atoms with van der Waals surface area (Å²) in [6.45, 7) is -0.575. The van der Waals surface area contributed by atoms with E-state index in [-0.39, 0.29) is 24.5 Å². The number of aromatic nitrogens is 4. The van der Waals surface area contributed by atoms with E-state index in [0.717, 1.165) is 10.3 Å². The highest BCUT2D eigenvalue weighted by molar-refractivity contribution is 5.86. The monoisotopic (exact) mass is 459 g/mol. The van der Waals surface area contributed by atoms with Gasteiger partial charge in [-0.15, -0.1) is 10.2 Å². The summed E-state index contributed by atoms with van der Waals surface area (Å²) in [7, 11) is 1.53. The standard InChI is InChI=1S/C22H20F3N5O3/c1-33-17-4-2-3-12-5-7-14(26-19(12)17)21-28-27-18-8-6-13(9-30(18)21)20(22(23,24)25)29-10-15(31)16(32)11-29/h2-9,15-16,20,31-32H,10-11H2,1H3. The number of nitrogens with zero attached hydrogens (tertiary/aromatic N) is 5. The summed E-state index contributed by atoms with van der Waals surface area (Å²) in [4.78, 5) is 5.64. The van der Waals surface area contributed by atoms with Gasteiger partial charge in [-0.3, -0.25) is 9.30 Å². The number of ether oxygens (including phenoxy) is 1. The first-order valence-electron chi connectivity index (χ1n) is 10.2. The van der Waals surface area contributed by atoms with E-state index < -0.39 is 24.4 Å². The van der Waals surface area contributed by atoms with E-state index in [9.17, 15) is 23.4 Å². The molecule has 1 aromatic carbocycles. The van der Waals surface area contributed by atoms with Gasteiger partial charge in [0.2, 0.25) is 0 Å². The van der Waals surface area contributed by atoms with Crippen LogP contribution in [0, 0.1) is 0 Å². The van der Waals surface area contributed by atoms with Gasteiger partial charge in [-0.2, -0.15) is 13.2 Å². The molecule has 33 heavy (non-hydrogen) atoms. The van der Waals surface area contributed by atoms with Crippen LogP contribution in [0.15, 0.2) is 48.7 Å². The number of pyridine rings is 2. The van der Waals surface area contributed by atoms with Crippen molar-refractivity contribution in [3.05, 3.63) is 54.2 Å². The highest BCUT2D eigenvalue weighted by Gasteiger charge is 2.48. The van der Waals surface area contributed by atoms with Crippen LogP contribution >= 0.6 is 0 Å². The minimum atomic E-state index is -4.62. The number of methoxy groups -OCH3 is 1. The van der Waals surface area contributed by atoms with E-state index in [1.165, 1.54) is 29.8 Å². The maximum atomic E-state index is 14.0. The van der Waals surface area contributed by atoms with Crippen LogP contribution in [-0.2, 0) is 0 Å². The van der Waals surface area contributed by atoms with Crippen molar-refractivity contribution in [2.24, 2.45) is 0 Å². The van der Waals surface area contributed by atoms with Crippen LogP contribution in [0.25, 0.3) is 28.1 Å². The molecule has 172 valence electrons. The Morgan fingerprint density at radius 3 is 2.48 bits per heavy atom. The van der Waals surface area contributed by atoms with Crippen LogP contribution in [-0.4, -0.2) is 73.3 Å². The first kappa shape index (κ1) is 21.6. The lowest BCUT2D eigenvalue weighted by Crippen LogP contribution is -2.38. The third-order valence-corrected chi connectivity index (χ3v) is 5.84. The number of rotatable bonds is 4. The number of hydrogen-bond donors (Lipinski definition) is 2. The third kappa shape index (κ3) is 3.77. The molecule has 3 aromatic heterocycles. The number of benzene rings is 1. The second-order valence-corrected chi connectivity index (χ2v) is 7.98.